The van der Waals surface area contributed by atoms with Crippen LogP contribution in [0.2, 0.25) is 0 Å². The molecule has 2 heteroatoms. The molecule has 2 nitrogen and oxygen atoms in total. The zero-order valence-electron chi connectivity index (χ0n) is 10.4. The Kier molecular flexibility index (Phi) is 4.86. The Balaban J connectivity index is 0.000000123. The summed E-state index contributed by atoms with van der Waals surface area (Å²) in [4.78, 5) is 0. The van der Waals surface area contributed by atoms with Gasteiger partial charge in [0.1, 0.15) is 6.10 Å². The van der Waals surface area contributed by atoms with E-state index in [1.807, 2.05) is 0 Å². The van der Waals surface area contributed by atoms with E-state index in [-0.39, 0.29) is 0 Å². The quantitative estimate of drug-likeness (QED) is 0.406. The van der Waals surface area contributed by atoms with Gasteiger partial charge in [0.05, 0.1) is 13.2 Å². The van der Waals surface area contributed by atoms with Crippen LogP contribution >= 0.6 is 0 Å². The van der Waals surface area contributed by atoms with Crippen LogP contribution in [0.3, 0.4) is 0 Å². The number of rotatable bonds is 5. The first-order chi connectivity index (χ1) is 7.88. The lowest BCUT2D eigenvalue weighted by atomic mass is 10.1. The molecule has 0 radical (unpaired) electrons. The first-order valence-corrected chi connectivity index (χ1v) is 6.75. The smallest absolute Gasteiger partial charge is 0.104 e. The molecular weight excluding hydrogens is 200 g/mol. The molecule has 2 fully saturated rings. The SMILES string of the molecule is C1=C2CCC(C1)C2.CCCCOCC1CO1. The van der Waals surface area contributed by atoms with Crippen LogP contribution in [0.15, 0.2) is 11.6 Å². The van der Waals surface area contributed by atoms with E-state index in [4.69, 9.17) is 9.47 Å². The average Bonchev–Trinajstić information content (AvgIpc) is 2.88. The molecule has 2 atom stereocenters. The number of hydrogen-bond acceptors (Lipinski definition) is 2. The highest BCUT2D eigenvalue weighted by atomic mass is 16.6. The second-order valence-electron chi connectivity index (χ2n) is 5.09. The second kappa shape index (κ2) is 6.41. The number of unbranched alkanes of at least 4 members (excludes halogenated alkanes) is 1. The third-order valence-electron chi connectivity index (χ3n) is 3.51. The maximum Gasteiger partial charge on any atom is 0.104 e. The van der Waals surface area contributed by atoms with Gasteiger partial charge in [-0.25, -0.2) is 0 Å². The standard InChI is InChI=1S/C7H14O2.C7H10/c1-2-3-4-8-5-7-6-9-7;1-2-7-4-3-6(1)5-7/h7H,2-6H2,1H3;1,7H,2-5H2. The van der Waals surface area contributed by atoms with Crippen LogP contribution in [0.1, 0.15) is 45.4 Å². The zero-order valence-corrected chi connectivity index (χ0v) is 10.4. The van der Waals surface area contributed by atoms with Gasteiger partial charge in [-0.15, -0.1) is 0 Å². The Bertz CT molecular complexity index is 231. The molecule has 1 aliphatic heterocycles. The van der Waals surface area contributed by atoms with E-state index in [1.54, 1.807) is 5.57 Å². The molecule has 92 valence electrons. The van der Waals surface area contributed by atoms with Crippen molar-refractivity contribution in [3.8, 4) is 0 Å². The predicted molar refractivity (Wildman–Crippen MR) is 65.5 cm³/mol. The second-order valence-corrected chi connectivity index (χ2v) is 5.09. The van der Waals surface area contributed by atoms with Gasteiger partial charge >= 0.3 is 0 Å². The number of epoxide rings is 1. The van der Waals surface area contributed by atoms with E-state index in [2.05, 4.69) is 13.0 Å². The van der Waals surface area contributed by atoms with Gasteiger partial charge in [-0.05, 0) is 38.0 Å². The zero-order chi connectivity index (χ0) is 11.2. The number of fused-ring (bicyclic) bond motifs is 2. The summed E-state index contributed by atoms with van der Waals surface area (Å²) in [5, 5.41) is 0. The molecule has 3 aliphatic rings. The Morgan fingerprint density at radius 3 is 2.75 bits per heavy atom. The monoisotopic (exact) mass is 224 g/mol. The maximum atomic E-state index is 5.27. The van der Waals surface area contributed by atoms with Crippen molar-refractivity contribution in [2.45, 2.75) is 51.6 Å². The molecule has 0 N–H and O–H groups in total. The first kappa shape index (κ1) is 12.1. The maximum absolute atomic E-state index is 5.27. The highest BCUT2D eigenvalue weighted by Gasteiger charge is 2.23. The molecule has 2 bridgehead atoms. The molecule has 3 rings (SSSR count). The molecule has 1 saturated carbocycles. The molecular formula is C14H24O2. The highest BCUT2D eigenvalue weighted by molar-refractivity contribution is 5.15. The van der Waals surface area contributed by atoms with Gasteiger partial charge < -0.3 is 9.47 Å². The van der Waals surface area contributed by atoms with Crippen LogP contribution in [0.4, 0.5) is 0 Å². The van der Waals surface area contributed by atoms with Crippen LogP contribution in [0.25, 0.3) is 0 Å². The van der Waals surface area contributed by atoms with Crippen LogP contribution in [0.5, 0.6) is 0 Å². The summed E-state index contributed by atoms with van der Waals surface area (Å²) < 4.78 is 10.2. The van der Waals surface area contributed by atoms with Gasteiger partial charge in [-0.2, -0.15) is 0 Å². The Morgan fingerprint density at radius 2 is 2.38 bits per heavy atom. The summed E-state index contributed by atoms with van der Waals surface area (Å²) in [6, 6.07) is 0. The van der Waals surface area contributed by atoms with Gasteiger partial charge in [-0.1, -0.05) is 25.0 Å². The van der Waals surface area contributed by atoms with Crippen molar-refractivity contribution in [1.29, 1.82) is 0 Å². The van der Waals surface area contributed by atoms with Gasteiger partial charge in [-0.3, -0.25) is 0 Å². The number of hydrogen-bond donors (Lipinski definition) is 0. The van der Waals surface area contributed by atoms with Gasteiger partial charge in [0.25, 0.3) is 0 Å². The molecule has 0 aromatic heterocycles. The lowest BCUT2D eigenvalue weighted by molar-refractivity contribution is 0.114. The van der Waals surface area contributed by atoms with Crippen molar-refractivity contribution < 1.29 is 9.47 Å². The van der Waals surface area contributed by atoms with Gasteiger partial charge in [0.2, 0.25) is 0 Å². The highest BCUT2D eigenvalue weighted by Crippen LogP contribution is 2.38. The third kappa shape index (κ3) is 4.26. The fraction of sp³-hybridized carbons (Fsp3) is 0.857. The van der Waals surface area contributed by atoms with Crippen molar-refractivity contribution in [3.05, 3.63) is 11.6 Å². The Labute approximate surface area is 99.0 Å². The first-order valence-electron chi connectivity index (χ1n) is 6.75. The molecule has 0 aromatic rings. The minimum Gasteiger partial charge on any atom is -0.379 e. The van der Waals surface area contributed by atoms with Crippen molar-refractivity contribution in [3.63, 3.8) is 0 Å². The molecule has 2 aliphatic carbocycles. The topological polar surface area (TPSA) is 21.8 Å². The van der Waals surface area contributed by atoms with Gasteiger partial charge in [0.15, 0.2) is 0 Å². The minimum absolute atomic E-state index is 0.432. The lowest BCUT2D eigenvalue weighted by Gasteiger charge is -1.98. The van der Waals surface area contributed by atoms with Crippen LogP contribution in [0, 0.1) is 5.92 Å². The van der Waals surface area contributed by atoms with Crippen molar-refractivity contribution in [1.82, 2.24) is 0 Å². The molecule has 0 spiro atoms. The summed E-state index contributed by atoms with van der Waals surface area (Å²) >= 11 is 0. The molecule has 0 amide bonds. The Hall–Kier alpha value is -0.340. The van der Waals surface area contributed by atoms with E-state index in [1.165, 1.54) is 38.5 Å². The Morgan fingerprint density at radius 1 is 1.50 bits per heavy atom. The van der Waals surface area contributed by atoms with E-state index >= 15 is 0 Å². The summed E-state index contributed by atoms with van der Waals surface area (Å²) in [5.74, 6) is 1.08. The fourth-order valence-corrected chi connectivity index (χ4v) is 2.31. The van der Waals surface area contributed by atoms with Gasteiger partial charge in [0, 0.05) is 6.61 Å². The van der Waals surface area contributed by atoms with Crippen molar-refractivity contribution >= 4 is 0 Å². The molecule has 0 aromatic carbocycles. The van der Waals surface area contributed by atoms with Crippen LogP contribution < -0.4 is 0 Å². The molecule has 1 saturated heterocycles. The molecule has 2 unspecified atom stereocenters. The summed E-state index contributed by atoms with van der Waals surface area (Å²) in [5.41, 5.74) is 1.74. The van der Waals surface area contributed by atoms with E-state index in [0.717, 1.165) is 25.7 Å². The van der Waals surface area contributed by atoms with Crippen molar-refractivity contribution in [2.75, 3.05) is 19.8 Å². The largest absolute Gasteiger partial charge is 0.379 e. The van der Waals surface area contributed by atoms with Crippen LogP contribution in [-0.2, 0) is 9.47 Å². The summed E-state index contributed by atoms with van der Waals surface area (Å²) in [6.07, 6.45) is 11.0. The van der Waals surface area contributed by atoms with Crippen LogP contribution in [-0.4, -0.2) is 25.9 Å². The molecule has 16 heavy (non-hydrogen) atoms. The number of allylic oxidation sites excluding steroid dienone is 2. The summed E-state index contributed by atoms with van der Waals surface area (Å²) in [6.45, 7) is 4.78. The fourth-order valence-electron chi connectivity index (χ4n) is 2.31. The predicted octanol–water partition coefficient (Wildman–Crippen LogP) is 3.32. The normalized spacial score (nSPS) is 29.7. The minimum atomic E-state index is 0.432. The lowest BCUT2D eigenvalue weighted by Crippen LogP contribution is -2.01. The number of ether oxygens (including phenoxy) is 2. The van der Waals surface area contributed by atoms with E-state index < -0.39 is 0 Å². The van der Waals surface area contributed by atoms with Crippen molar-refractivity contribution in [2.24, 2.45) is 5.92 Å². The third-order valence-corrected chi connectivity index (χ3v) is 3.51. The average molecular weight is 224 g/mol. The molecule has 1 heterocycles. The van der Waals surface area contributed by atoms with E-state index in [0.29, 0.717) is 6.10 Å². The summed E-state index contributed by atoms with van der Waals surface area (Å²) in [7, 11) is 0. The van der Waals surface area contributed by atoms with E-state index in [9.17, 15) is 0 Å².